The SMILES string of the molecule is COCCN(CCc1nc(-c2ccc(OC)c(OC)c2)no1)C(=O)C1CC1. The van der Waals surface area contributed by atoms with Crippen LogP contribution in [-0.4, -0.2) is 62.0 Å². The summed E-state index contributed by atoms with van der Waals surface area (Å²) >= 11 is 0. The molecule has 0 saturated heterocycles. The molecule has 146 valence electrons. The van der Waals surface area contributed by atoms with Gasteiger partial charge < -0.3 is 23.6 Å². The number of aromatic nitrogens is 2. The minimum atomic E-state index is 0.173. The molecule has 1 saturated carbocycles. The smallest absolute Gasteiger partial charge is 0.228 e. The standard InChI is InChI=1S/C19H25N3O5/c1-24-11-10-22(19(23)13-4-5-13)9-8-17-20-18(21-27-17)14-6-7-15(25-2)16(12-14)26-3/h6-7,12-13H,4-5,8-11H2,1-3H3. The van der Waals surface area contributed by atoms with Crippen molar-refractivity contribution in [2.24, 2.45) is 5.92 Å². The summed E-state index contributed by atoms with van der Waals surface area (Å²) in [6.07, 6.45) is 2.46. The number of hydrogen-bond donors (Lipinski definition) is 0. The molecule has 0 bridgehead atoms. The van der Waals surface area contributed by atoms with Crippen molar-refractivity contribution in [3.05, 3.63) is 24.1 Å². The molecule has 0 aliphatic heterocycles. The molecule has 0 atom stereocenters. The van der Waals surface area contributed by atoms with Gasteiger partial charge in [-0.05, 0) is 31.0 Å². The molecule has 0 spiro atoms. The highest BCUT2D eigenvalue weighted by molar-refractivity contribution is 5.81. The van der Waals surface area contributed by atoms with Gasteiger partial charge in [0.05, 0.1) is 20.8 Å². The summed E-state index contributed by atoms with van der Waals surface area (Å²) in [4.78, 5) is 18.6. The van der Waals surface area contributed by atoms with Crippen LogP contribution < -0.4 is 9.47 Å². The highest BCUT2D eigenvalue weighted by atomic mass is 16.5. The van der Waals surface area contributed by atoms with Crippen molar-refractivity contribution in [3.8, 4) is 22.9 Å². The quantitative estimate of drug-likeness (QED) is 0.629. The molecule has 1 aliphatic rings. The Balaban J connectivity index is 1.65. The van der Waals surface area contributed by atoms with E-state index >= 15 is 0 Å². The van der Waals surface area contributed by atoms with Crippen molar-refractivity contribution in [1.29, 1.82) is 0 Å². The van der Waals surface area contributed by atoms with E-state index in [1.807, 2.05) is 11.0 Å². The first-order chi connectivity index (χ1) is 13.2. The minimum absolute atomic E-state index is 0.173. The van der Waals surface area contributed by atoms with Crippen LogP contribution in [0.2, 0.25) is 0 Å². The zero-order valence-electron chi connectivity index (χ0n) is 15.9. The maximum Gasteiger partial charge on any atom is 0.228 e. The maximum absolute atomic E-state index is 12.4. The van der Waals surface area contributed by atoms with Gasteiger partial charge in [-0.2, -0.15) is 4.98 Å². The molecule has 0 unspecified atom stereocenters. The van der Waals surface area contributed by atoms with E-state index in [2.05, 4.69) is 10.1 Å². The third kappa shape index (κ3) is 4.77. The fraction of sp³-hybridized carbons (Fsp3) is 0.526. The van der Waals surface area contributed by atoms with E-state index in [0.717, 1.165) is 18.4 Å². The lowest BCUT2D eigenvalue weighted by Crippen LogP contribution is -2.36. The molecular weight excluding hydrogens is 350 g/mol. The zero-order chi connectivity index (χ0) is 19.2. The van der Waals surface area contributed by atoms with E-state index in [4.69, 9.17) is 18.7 Å². The Kier molecular flexibility index (Phi) is 6.28. The number of amides is 1. The summed E-state index contributed by atoms with van der Waals surface area (Å²) in [5, 5.41) is 4.04. The third-order valence-electron chi connectivity index (χ3n) is 4.51. The lowest BCUT2D eigenvalue weighted by atomic mass is 10.2. The topological polar surface area (TPSA) is 86.9 Å². The molecule has 0 radical (unpaired) electrons. The summed E-state index contributed by atoms with van der Waals surface area (Å²) < 4.78 is 21.0. The number of benzene rings is 1. The van der Waals surface area contributed by atoms with Crippen molar-refractivity contribution in [2.45, 2.75) is 19.3 Å². The van der Waals surface area contributed by atoms with Crippen LogP contribution in [0.4, 0.5) is 0 Å². The zero-order valence-corrected chi connectivity index (χ0v) is 15.9. The van der Waals surface area contributed by atoms with Gasteiger partial charge in [0.25, 0.3) is 0 Å². The van der Waals surface area contributed by atoms with Crippen LogP contribution in [0.25, 0.3) is 11.4 Å². The van der Waals surface area contributed by atoms with Gasteiger partial charge in [0.2, 0.25) is 17.6 Å². The van der Waals surface area contributed by atoms with Gasteiger partial charge in [-0.3, -0.25) is 4.79 Å². The Morgan fingerprint density at radius 1 is 1.19 bits per heavy atom. The lowest BCUT2D eigenvalue weighted by Gasteiger charge is -2.21. The van der Waals surface area contributed by atoms with Gasteiger partial charge >= 0.3 is 0 Å². The van der Waals surface area contributed by atoms with Gasteiger partial charge in [0.1, 0.15) is 0 Å². The predicted octanol–water partition coefficient (Wildman–Crippen LogP) is 2.18. The molecule has 1 aliphatic carbocycles. The van der Waals surface area contributed by atoms with Crippen molar-refractivity contribution in [3.63, 3.8) is 0 Å². The predicted molar refractivity (Wildman–Crippen MR) is 97.7 cm³/mol. The number of nitrogens with zero attached hydrogens (tertiary/aromatic N) is 3. The third-order valence-corrected chi connectivity index (χ3v) is 4.51. The van der Waals surface area contributed by atoms with Gasteiger partial charge in [-0.1, -0.05) is 5.16 Å². The first kappa shape index (κ1) is 19.2. The van der Waals surface area contributed by atoms with E-state index in [-0.39, 0.29) is 11.8 Å². The van der Waals surface area contributed by atoms with Gasteiger partial charge in [-0.15, -0.1) is 0 Å². The molecule has 1 heterocycles. The number of rotatable bonds is 10. The summed E-state index contributed by atoms with van der Waals surface area (Å²) in [5.74, 6) is 2.56. The Labute approximate surface area is 158 Å². The summed E-state index contributed by atoms with van der Waals surface area (Å²) in [5.41, 5.74) is 0.771. The van der Waals surface area contributed by atoms with Crippen LogP contribution in [-0.2, 0) is 16.0 Å². The van der Waals surface area contributed by atoms with Crippen molar-refractivity contribution in [2.75, 3.05) is 41.0 Å². The summed E-state index contributed by atoms with van der Waals surface area (Å²) in [6.45, 7) is 1.62. The molecule has 2 aromatic rings. The van der Waals surface area contributed by atoms with Crippen LogP contribution in [0.3, 0.4) is 0 Å². The normalized spacial score (nSPS) is 13.4. The molecule has 3 rings (SSSR count). The second-order valence-electron chi connectivity index (χ2n) is 6.42. The molecule has 0 N–H and O–H groups in total. The van der Waals surface area contributed by atoms with E-state index in [1.54, 1.807) is 33.5 Å². The Bertz CT molecular complexity index is 772. The molecule has 1 amide bonds. The number of hydrogen-bond acceptors (Lipinski definition) is 7. The molecule has 1 fully saturated rings. The van der Waals surface area contributed by atoms with Crippen molar-refractivity contribution in [1.82, 2.24) is 15.0 Å². The summed E-state index contributed by atoms with van der Waals surface area (Å²) in [7, 11) is 4.80. The fourth-order valence-corrected chi connectivity index (χ4v) is 2.80. The first-order valence-electron chi connectivity index (χ1n) is 8.99. The largest absolute Gasteiger partial charge is 0.493 e. The van der Waals surface area contributed by atoms with E-state index in [9.17, 15) is 4.79 Å². The molecule has 8 nitrogen and oxygen atoms in total. The molecule has 27 heavy (non-hydrogen) atoms. The Hall–Kier alpha value is -2.61. The van der Waals surface area contributed by atoms with Gasteiger partial charge in [-0.25, -0.2) is 0 Å². The maximum atomic E-state index is 12.4. The second kappa shape index (κ2) is 8.85. The number of carbonyl (C=O) groups is 1. The van der Waals surface area contributed by atoms with E-state index in [1.165, 1.54) is 0 Å². The molecule has 1 aromatic carbocycles. The molecule has 8 heteroatoms. The number of methoxy groups -OCH3 is 3. The highest BCUT2D eigenvalue weighted by Crippen LogP contribution is 2.32. The van der Waals surface area contributed by atoms with Crippen molar-refractivity contribution < 1.29 is 23.5 Å². The van der Waals surface area contributed by atoms with Gasteiger partial charge in [0, 0.05) is 38.1 Å². The van der Waals surface area contributed by atoms with Crippen LogP contribution in [0.5, 0.6) is 11.5 Å². The fourth-order valence-electron chi connectivity index (χ4n) is 2.80. The van der Waals surface area contributed by atoms with Crippen molar-refractivity contribution >= 4 is 5.91 Å². The number of carbonyl (C=O) groups excluding carboxylic acids is 1. The molecular formula is C19H25N3O5. The van der Waals surface area contributed by atoms with E-state index < -0.39 is 0 Å². The van der Waals surface area contributed by atoms with Crippen LogP contribution in [0.1, 0.15) is 18.7 Å². The summed E-state index contributed by atoms with van der Waals surface area (Å²) in [6, 6.07) is 5.44. The van der Waals surface area contributed by atoms with Crippen LogP contribution >= 0.6 is 0 Å². The Morgan fingerprint density at radius 3 is 2.63 bits per heavy atom. The lowest BCUT2D eigenvalue weighted by molar-refractivity contribution is -0.133. The van der Waals surface area contributed by atoms with Crippen LogP contribution in [0.15, 0.2) is 22.7 Å². The average Bonchev–Trinajstić information content (AvgIpc) is 3.45. The first-order valence-corrected chi connectivity index (χ1v) is 8.99. The average molecular weight is 375 g/mol. The second-order valence-corrected chi connectivity index (χ2v) is 6.42. The van der Waals surface area contributed by atoms with Gasteiger partial charge in [0.15, 0.2) is 11.5 Å². The monoisotopic (exact) mass is 375 g/mol. The highest BCUT2D eigenvalue weighted by Gasteiger charge is 2.33. The van der Waals surface area contributed by atoms with Crippen LogP contribution in [0, 0.1) is 5.92 Å². The molecule has 1 aromatic heterocycles. The Morgan fingerprint density at radius 2 is 1.96 bits per heavy atom. The minimum Gasteiger partial charge on any atom is -0.493 e. The number of ether oxygens (including phenoxy) is 3. The van der Waals surface area contributed by atoms with E-state index in [0.29, 0.717) is 49.3 Å².